The van der Waals surface area contributed by atoms with Gasteiger partial charge in [-0.05, 0) is 80.0 Å². The Hall–Kier alpha value is -2.75. The molecule has 0 aliphatic carbocycles. The van der Waals surface area contributed by atoms with Crippen LogP contribution in [0.25, 0.3) is 5.57 Å². The lowest BCUT2D eigenvalue weighted by atomic mass is 9.84. The predicted molar refractivity (Wildman–Crippen MR) is 161 cm³/mol. The molecular weight excluding hydrogens is 470 g/mol. The number of nitrogens with one attached hydrogen (secondary N) is 1. The smallest absolute Gasteiger partial charge is 0.220 e. The molecule has 2 aromatic rings. The molecule has 0 spiro atoms. The second-order valence-electron chi connectivity index (χ2n) is 10.4. The highest BCUT2D eigenvalue weighted by molar-refractivity contribution is 5.76. The number of amides is 1. The third-order valence-electron chi connectivity index (χ3n) is 7.33. The molecule has 2 rings (SSSR count). The van der Waals surface area contributed by atoms with E-state index in [-0.39, 0.29) is 5.91 Å². The van der Waals surface area contributed by atoms with Gasteiger partial charge >= 0.3 is 0 Å². The molecule has 1 amide bonds. The van der Waals surface area contributed by atoms with Crippen molar-refractivity contribution in [2.24, 2.45) is 0 Å². The van der Waals surface area contributed by atoms with Gasteiger partial charge in [0.05, 0.1) is 14.2 Å². The van der Waals surface area contributed by atoms with Gasteiger partial charge in [-0.1, -0.05) is 82.7 Å². The van der Waals surface area contributed by atoms with Crippen LogP contribution in [0.4, 0.5) is 0 Å². The first-order valence-electron chi connectivity index (χ1n) is 14.8. The summed E-state index contributed by atoms with van der Waals surface area (Å²) >= 11 is 0. The van der Waals surface area contributed by atoms with Crippen LogP contribution in [0.5, 0.6) is 11.5 Å². The molecule has 1 N–H and O–H groups in total. The highest BCUT2D eigenvalue weighted by atomic mass is 16.5. The van der Waals surface area contributed by atoms with Gasteiger partial charge in [0.2, 0.25) is 5.91 Å². The molecule has 2 aromatic carbocycles. The first-order valence-corrected chi connectivity index (χ1v) is 14.8. The summed E-state index contributed by atoms with van der Waals surface area (Å²) in [5, 5.41) is 3.10. The van der Waals surface area contributed by atoms with E-state index in [0.29, 0.717) is 18.4 Å². The average Bonchev–Trinajstić information content (AvgIpc) is 2.93. The van der Waals surface area contributed by atoms with Crippen molar-refractivity contribution in [3.63, 3.8) is 0 Å². The average molecular weight is 522 g/mol. The van der Waals surface area contributed by atoms with Crippen molar-refractivity contribution >= 4 is 11.5 Å². The number of hydrogen-bond acceptors (Lipinski definition) is 3. The Balaban J connectivity index is 1.83. The lowest BCUT2D eigenvalue weighted by Gasteiger charge is -2.21. The molecule has 0 bridgehead atoms. The first-order chi connectivity index (χ1) is 18.5. The van der Waals surface area contributed by atoms with Crippen molar-refractivity contribution in [2.75, 3.05) is 14.2 Å². The number of hydrogen-bond donors (Lipinski definition) is 1. The second-order valence-corrected chi connectivity index (χ2v) is 10.4. The van der Waals surface area contributed by atoms with Crippen molar-refractivity contribution in [1.29, 1.82) is 0 Å². The number of benzene rings is 2. The molecule has 4 nitrogen and oxygen atoms in total. The molecule has 0 aliphatic heterocycles. The fourth-order valence-electron chi connectivity index (χ4n) is 5.14. The minimum absolute atomic E-state index is 0.213. The van der Waals surface area contributed by atoms with Crippen LogP contribution in [-0.2, 0) is 4.79 Å². The van der Waals surface area contributed by atoms with E-state index in [4.69, 9.17) is 9.47 Å². The second kappa shape index (κ2) is 18.5. The third-order valence-corrected chi connectivity index (χ3v) is 7.33. The van der Waals surface area contributed by atoms with Gasteiger partial charge in [-0.15, -0.1) is 0 Å². The summed E-state index contributed by atoms with van der Waals surface area (Å²) in [4.78, 5) is 12.0. The number of rotatable bonds is 19. The number of allylic oxidation sites excluding steroid dienone is 2. The maximum absolute atomic E-state index is 12.0. The maximum atomic E-state index is 12.0. The molecule has 210 valence electrons. The number of methoxy groups -OCH3 is 2. The molecule has 4 heteroatoms. The van der Waals surface area contributed by atoms with Crippen molar-refractivity contribution in [3.05, 3.63) is 65.7 Å². The molecule has 0 aliphatic rings. The molecule has 0 saturated heterocycles. The van der Waals surface area contributed by atoms with Gasteiger partial charge in [0, 0.05) is 18.4 Å². The quantitative estimate of drug-likeness (QED) is 0.188. The SMILES string of the molecule is CCCC(C)NC(=O)CCCCCCCCCC=C(c1ccc(OC)cc1)C(CC)c1ccc(OC)cc1. The van der Waals surface area contributed by atoms with Crippen molar-refractivity contribution in [2.45, 2.75) is 110 Å². The standard InChI is InChI=1S/C34H51NO3/c1-6-16-27(3)35-34(36)18-15-13-11-9-8-10-12-14-17-33(29-21-25-31(38-5)26-22-29)32(7-2)28-19-23-30(37-4)24-20-28/h17,19-27,32H,6-16,18H2,1-5H3,(H,35,36). The highest BCUT2D eigenvalue weighted by Crippen LogP contribution is 2.36. The summed E-state index contributed by atoms with van der Waals surface area (Å²) in [6, 6.07) is 17.3. The predicted octanol–water partition coefficient (Wildman–Crippen LogP) is 9.10. The summed E-state index contributed by atoms with van der Waals surface area (Å²) in [5.74, 6) is 2.34. The lowest BCUT2D eigenvalue weighted by molar-refractivity contribution is -0.121. The topological polar surface area (TPSA) is 47.6 Å². The number of carbonyl (C=O) groups is 1. The highest BCUT2D eigenvalue weighted by Gasteiger charge is 2.17. The largest absolute Gasteiger partial charge is 0.497 e. The summed E-state index contributed by atoms with van der Waals surface area (Å²) in [6.45, 7) is 6.52. The molecule has 0 heterocycles. The van der Waals surface area contributed by atoms with Crippen LogP contribution in [0.1, 0.15) is 115 Å². The fourth-order valence-corrected chi connectivity index (χ4v) is 5.14. The van der Waals surface area contributed by atoms with Gasteiger partial charge in [0.25, 0.3) is 0 Å². The summed E-state index contributed by atoms with van der Waals surface area (Å²) in [7, 11) is 3.42. The molecule has 0 saturated carbocycles. The molecule has 2 atom stereocenters. The van der Waals surface area contributed by atoms with Crippen molar-refractivity contribution in [3.8, 4) is 11.5 Å². The lowest BCUT2D eigenvalue weighted by Crippen LogP contribution is -2.32. The van der Waals surface area contributed by atoms with Gasteiger partial charge in [0.15, 0.2) is 0 Å². The van der Waals surface area contributed by atoms with E-state index in [1.54, 1.807) is 14.2 Å². The molecule has 0 aromatic heterocycles. The van der Waals surface area contributed by atoms with Crippen molar-refractivity contribution in [1.82, 2.24) is 5.32 Å². The Morgan fingerprint density at radius 3 is 1.92 bits per heavy atom. The zero-order chi connectivity index (χ0) is 27.6. The van der Waals surface area contributed by atoms with Crippen LogP contribution in [0.3, 0.4) is 0 Å². The number of unbranched alkanes of at least 4 members (excludes halogenated alkanes) is 7. The zero-order valence-corrected chi connectivity index (χ0v) is 24.6. The van der Waals surface area contributed by atoms with Gasteiger partial charge in [-0.3, -0.25) is 4.79 Å². The summed E-state index contributed by atoms with van der Waals surface area (Å²) in [5.41, 5.74) is 3.98. The minimum Gasteiger partial charge on any atom is -0.497 e. The zero-order valence-electron chi connectivity index (χ0n) is 24.6. The summed E-state index contributed by atoms with van der Waals surface area (Å²) < 4.78 is 10.8. The Morgan fingerprint density at radius 2 is 1.37 bits per heavy atom. The number of carbonyl (C=O) groups excluding carboxylic acids is 1. The van der Waals surface area contributed by atoms with E-state index in [9.17, 15) is 4.79 Å². The molecule has 0 fully saturated rings. The van der Waals surface area contributed by atoms with E-state index in [0.717, 1.165) is 50.0 Å². The third kappa shape index (κ3) is 11.3. The van der Waals surface area contributed by atoms with E-state index >= 15 is 0 Å². The normalized spacial score (nSPS) is 13.1. The van der Waals surface area contributed by atoms with Crippen molar-refractivity contribution < 1.29 is 14.3 Å². The van der Waals surface area contributed by atoms with Crippen LogP contribution in [0, 0.1) is 0 Å². The van der Waals surface area contributed by atoms with Crippen LogP contribution in [-0.4, -0.2) is 26.2 Å². The van der Waals surface area contributed by atoms with Gasteiger partial charge in [-0.2, -0.15) is 0 Å². The minimum atomic E-state index is 0.213. The van der Waals surface area contributed by atoms with Gasteiger partial charge in [-0.25, -0.2) is 0 Å². The monoisotopic (exact) mass is 521 g/mol. The number of ether oxygens (including phenoxy) is 2. The fraction of sp³-hybridized carbons (Fsp3) is 0.559. The molecule has 2 unspecified atom stereocenters. The first kappa shape index (κ1) is 31.5. The van der Waals surface area contributed by atoms with E-state index in [1.165, 1.54) is 48.8 Å². The molecule has 38 heavy (non-hydrogen) atoms. The van der Waals surface area contributed by atoms with E-state index in [1.807, 2.05) is 0 Å². The van der Waals surface area contributed by atoms with Gasteiger partial charge < -0.3 is 14.8 Å². The van der Waals surface area contributed by atoms with Crippen LogP contribution in [0.2, 0.25) is 0 Å². The van der Waals surface area contributed by atoms with Gasteiger partial charge in [0.1, 0.15) is 11.5 Å². The Bertz CT molecular complexity index is 933. The Kier molecular flexibility index (Phi) is 15.3. The Morgan fingerprint density at radius 1 is 0.816 bits per heavy atom. The molecule has 0 radical (unpaired) electrons. The van der Waals surface area contributed by atoms with E-state index < -0.39 is 0 Å². The molecular formula is C34H51NO3. The van der Waals surface area contributed by atoms with Crippen LogP contribution < -0.4 is 14.8 Å². The van der Waals surface area contributed by atoms with Crippen LogP contribution >= 0.6 is 0 Å². The van der Waals surface area contributed by atoms with E-state index in [2.05, 4.69) is 80.7 Å². The Labute approximate surface area is 232 Å². The summed E-state index contributed by atoms with van der Waals surface area (Å²) in [6.07, 6.45) is 15.8. The maximum Gasteiger partial charge on any atom is 0.220 e. The van der Waals surface area contributed by atoms with Crippen LogP contribution in [0.15, 0.2) is 54.6 Å².